The normalized spacial score (nSPS) is 21.6. The van der Waals surface area contributed by atoms with Gasteiger partial charge in [0.25, 0.3) is 5.91 Å². The average molecular weight is 369 g/mol. The van der Waals surface area contributed by atoms with E-state index in [1.165, 1.54) is 0 Å². The zero-order valence-electron chi connectivity index (χ0n) is 14.6. The fourth-order valence-electron chi connectivity index (χ4n) is 2.77. The molecule has 0 bridgehead atoms. The molecule has 0 saturated carbocycles. The van der Waals surface area contributed by atoms with Crippen molar-refractivity contribution < 1.29 is 27.5 Å². The monoisotopic (exact) mass is 369 g/mol. The van der Waals surface area contributed by atoms with Crippen LogP contribution >= 0.6 is 0 Å². The Bertz CT molecular complexity index is 773. The number of esters is 1. The van der Waals surface area contributed by atoms with Crippen LogP contribution in [0, 0.1) is 13.8 Å². The highest BCUT2D eigenvalue weighted by atomic mass is 32.2. The lowest BCUT2D eigenvalue weighted by molar-refractivity contribution is -0.150. The van der Waals surface area contributed by atoms with E-state index in [0.29, 0.717) is 12.2 Å². The minimum Gasteiger partial charge on any atom is -0.482 e. The Balaban J connectivity index is 1.75. The topological polar surface area (TPSA) is 98.8 Å². The number of ether oxygens (including phenoxy) is 2. The van der Waals surface area contributed by atoms with Crippen LogP contribution in [0.4, 0.5) is 0 Å². The van der Waals surface area contributed by atoms with Crippen molar-refractivity contribution in [2.24, 2.45) is 0 Å². The van der Waals surface area contributed by atoms with E-state index in [2.05, 4.69) is 5.32 Å². The lowest BCUT2D eigenvalue weighted by atomic mass is 10.0. The minimum absolute atomic E-state index is 0.0489. The van der Waals surface area contributed by atoms with Crippen molar-refractivity contribution in [2.45, 2.75) is 32.7 Å². The summed E-state index contributed by atoms with van der Waals surface area (Å²) >= 11 is 0. The Morgan fingerprint density at radius 3 is 2.56 bits per heavy atom. The maximum Gasteiger partial charge on any atom is 0.344 e. The number of sulfone groups is 1. The summed E-state index contributed by atoms with van der Waals surface area (Å²) in [4.78, 5) is 23.6. The Morgan fingerprint density at radius 1 is 1.24 bits per heavy atom. The molecule has 1 atom stereocenters. The lowest BCUT2D eigenvalue weighted by Gasteiger charge is -2.23. The van der Waals surface area contributed by atoms with Crippen molar-refractivity contribution in [2.75, 3.05) is 24.7 Å². The first-order chi connectivity index (χ1) is 11.6. The number of rotatable bonds is 6. The van der Waals surface area contributed by atoms with Gasteiger partial charge >= 0.3 is 5.97 Å². The first-order valence-electron chi connectivity index (χ1n) is 7.96. The van der Waals surface area contributed by atoms with Gasteiger partial charge in [-0.1, -0.05) is 17.7 Å². The molecule has 1 aromatic carbocycles. The van der Waals surface area contributed by atoms with E-state index < -0.39 is 33.9 Å². The van der Waals surface area contributed by atoms with E-state index in [-0.39, 0.29) is 18.1 Å². The molecule has 1 N–H and O–H groups in total. The van der Waals surface area contributed by atoms with E-state index in [1.54, 1.807) is 13.0 Å². The van der Waals surface area contributed by atoms with Crippen LogP contribution < -0.4 is 10.1 Å². The molecule has 2 rings (SSSR count). The third-order valence-corrected chi connectivity index (χ3v) is 5.89. The molecule has 0 aromatic heterocycles. The summed E-state index contributed by atoms with van der Waals surface area (Å²) in [6.07, 6.45) is 0.352. The highest BCUT2D eigenvalue weighted by Gasteiger charge is 2.39. The number of hydrogen-bond acceptors (Lipinski definition) is 6. The van der Waals surface area contributed by atoms with E-state index in [4.69, 9.17) is 9.47 Å². The Kier molecular flexibility index (Phi) is 5.72. The van der Waals surface area contributed by atoms with Gasteiger partial charge in [0.05, 0.1) is 17.0 Å². The smallest absolute Gasteiger partial charge is 0.344 e. The summed E-state index contributed by atoms with van der Waals surface area (Å²) in [5.41, 5.74) is 1.19. The van der Waals surface area contributed by atoms with Crippen molar-refractivity contribution in [1.82, 2.24) is 5.32 Å². The predicted octanol–water partition coefficient (Wildman–Crippen LogP) is 0.919. The third-order valence-electron chi connectivity index (χ3n) is 3.98. The summed E-state index contributed by atoms with van der Waals surface area (Å²) in [6, 6.07) is 5.58. The number of amides is 1. The molecule has 1 fully saturated rings. The van der Waals surface area contributed by atoms with Crippen molar-refractivity contribution in [3.05, 3.63) is 29.3 Å². The highest BCUT2D eigenvalue weighted by molar-refractivity contribution is 7.91. The second-order valence-electron chi connectivity index (χ2n) is 6.67. The summed E-state index contributed by atoms with van der Waals surface area (Å²) in [5, 5.41) is 2.62. The minimum atomic E-state index is -3.12. The summed E-state index contributed by atoms with van der Waals surface area (Å²) in [6.45, 7) is 4.73. The Morgan fingerprint density at radius 2 is 1.96 bits per heavy atom. The summed E-state index contributed by atoms with van der Waals surface area (Å²) in [5.74, 6) is -0.669. The largest absolute Gasteiger partial charge is 0.482 e. The molecule has 1 saturated heterocycles. The van der Waals surface area contributed by atoms with Gasteiger partial charge < -0.3 is 14.8 Å². The van der Waals surface area contributed by atoms with Crippen molar-refractivity contribution in [3.8, 4) is 5.75 Å². The van der Waals surface area contributed by atoms with Crippen LogP contribution in [0.15, 0.2) is 18.2 Å². The number of hydrogen-bond donors (Lipinski definition) is 1. The van der Waals surface area contributed by atoms with Crippen LogP contribution in [0.3, 0.4) is 0 Å². The molecule has 7 nitrogen and oxygen atoms in total. The van der Waals surface area contributed by atoms with Gasteiger partial charge in [-0.15, -0.1) is 0 Å². The van der Waals surface area contributed by atoms with Crippen molar-refractivity contribution in [3.63, 3.8) is 0 Å². The maximum atomic E-state index is 11.9. The van der Waals surface area contributed by atoms with E-state index in [0.717, 1.165) is 11.1 Å². The van der Waals surface area contributed by atoms with Gasteiger partial charge in [-0.2, -0.15) is 0 Å². The number of benzene rings is 1. The molecule has 0 spiro atoms. The van der Waals surface area contributed by atoms with Gasteiger partial charge in [-0.3, -0.25) is 4.79 Å². The molecule has 1 amide bonds. The number of aryl methyl sites for hydroxylation is 2. The first-order valence-corrected chi connectivity index (χ1v) is 9.78. The van der Waals surface area contributed by atoms with Crippen LogP contribution in [-0.2, 0) is 24.2 Å². The zero-order valence-corrected chi connectivity index (χ0v) is 15.4. The van der Waals surface area contributed by atoms with Crippen LogP contribution in [-0.4, -0.2) is 50.6 Å². The van der Waals surface area contributed by atoms with Crippen LogP contribution in [0.5, 0.6) is 5.75 Å². The van der Waals surface area contributed by atoms with E-state index in [1.807, 2.05) is 26.0 Å². The average Bonchev–Trinajstić information content (AvgIpc) is 2.77. The Hall–Kier alpha value is -2.09. The predicted molar refractivity (Wildman–Crippen MR) is 92.2 cm³/mol. The second kappa shape index (κ2) is 7.43. The third kappa shape index (κ3) is 5.74. The van der Waals surface area contributed by atoms with Gasteiger partial charge in [-0.05, 0) is 38.8 Å². The molecule has 8 heteroatoms. The van der Waals surface area contributed by atoms with Crippen molar-refractivity contribution >= 4 is 21.7 Å². The standard InChI is InChI=1S/C17H23NO6S/c1-12-4-5-14(13(2)8-12)23-10-16(20)24-9-15(19)18-17(3)6-7-25(21,22)11-17/h4-5,8H,6-7,9-11H2,1-3H3,(H,18,19)/t17-/m1/s1. The Labute approximate surface area is 147 Å². The quantitative estimate of drug-likeness (QED) is 0.749. The molecule has 1 aliphatic heterocycles. The molecule has 1 aromatic rings. The summed E-state index contributed by atoms with van der Waals surface area (Å²) in [7, 11) is -3.12. The molecule has 25 heavy (non-hydrogen) atoms. The number of carbonyl (C=O) groups is 2. The molecular formula is C17H23NO6S. The number of carbonyl (C=O) groups excluding carboxylic acids is 2. The highest BCUT2D eigenvalue weighted by Crippen LogP contribution is 2.22. The molecule has 0 aliphatic carbocycles. The maximum absolute atomic E-state index is 11.9. The van der Waals surface area contributed by atoms with Gasteiger partial charge in [0.2, 0.25) is 0 Å². The molecule has 0 radical (unpaired) electrons. The molecule has 138 valence electrons. The van der Waals surface area contributed by atoms with E-state index >= 15 is 0 Å². The summed E-state index contributed by atoms with van der Waals surface area (Å²) < 4.78 is 33.3. The van der Waals surface area contributed by atoms with E-state index in [9.17, 15) is 18.0 Å². The SMILES string of the molecule is Cc1ccc(OCC(=O)OCC(=O)N[C@]2(C)CCS(=O)(=O)C2)c(C)c1. The van der Waals surface area contributed by atoms with Gasteiger partial charge in [0.1, 0.15) is 5.75 Å². The second-order valence-corrected chi connectivity index (χ2v) is 8.85. The molecule has 0 unspecified atom stereocenters. The van der Waals surface area contributed by atoms with Crippen molar-refractivity contribution in [1.29, 1.82) is 0 Å². The van der Waals surface area contributed by atoms with Gasteiger partial charge in [0.15, 0.2) is 23.1 Å². The van der Waals surface area contributed by atoms with Gasteiger partial charge in [0, 0.05) is 0 Å². The van der Waals surface area contributed by atoms with Crippen LogP contribution in [0.25, 0.3) is 0 Å². The lowest BCUT2D eigenvalue weighted by Crippen LogP contribution is -2.48. The number of nitrogens with one attached hydrogen (secondary N) is 1. The fraction of sp³-hybridized carbons (Fsp3) is 0.529. The molecule has 1 heterocycles. The molecular weight excluding hydrogens is 346 g/mol. The fourth-order valence-corrected chi connectivity index (χ4v) is 4.86. The van der Waals surface area contributed by atoms with Gasteiger partial charge in [-0.25, -0.2) is 13.2 Å². The molecule has 1 aliphatic rings. The zero-order chi connectivity index (χ0) is 18.7. The van der Waals surface area contributed by atoms with Crippen LogP contribution in [0.1, 0.15) is 24.5 Å². The first kappa shape index (κ1) is 19.2. The van der Waals surface area contributed by atoms with Crippen LogP contribution in [0.2, 0.25) is 0 Å².